The molecule has 1 nitrogen and oxygen atoms in total. The molecule has 0 aliphatic carbocycles. The summed E-state index contributed by atoms with van der Waals surface area (Å²) in [5.74, 6) is 0. The van der Waals surface area contributed by atoms with Crippen LogP contribution in [-0.4, -0.2) is 5.71 Å². The van der Waals surface area contributed by atoms with Crippen molar-refractivity contribution in [1.29, 1.82) is 5.41 Å². The van der Waals surface area contributed by atoms with Gasteiger partial charge in [-0.2, -0.15) is 0 Å². The van der Waals surface area contributed by atoms with Crippen molar-refractivity contribution in [3.63, 3.8) is 0 Å². The van der Waals surface area contributed by atoms with Crippen LogP contribution < -0.4 is 0 Å². The van der Waals surface area contributed by atoms with Crippen LogP contribution in [0.2, 0.25) is 0 Å². The highest BCUT2D eigenvalue weighted by Crippen LogP contribution is 1.70. The molecule has 0 atom stereocenters. The summed E-state index contributed by atoms with van der Waals surface area (Å²) in [6.07, 6.45) is 3.60. The molecule has 8 heavy (non-hydrogen) atoms. The maximum absolute atomic E-state index is 6.81. The van der Waals surface area contributed by atoms with Crippen molar-refractivity contribution in [2.45, 2.75) is 27.7 Å². The van der Waals surface area contributed by atoms with Crippen LogP contribution in [0.3, 0.4) is 0 Å². The van der Waals surface area contributed by atoms with Crippen LogP contribution in [0.5, 0.6) is 0 Å². The summed E-state index contributed by atoms with van der Waals surface area (Å²) in [5.41, 5.74) is 0.609. The van der Waals surface area contributed by atoms with Gasteiger partial charge in [0.05, 0.1) is 0 Å². The topological polar surface area (TPSA) is 23.9 Å². The third-order valence-electron chi connectivity index (χ3n) is 0.417. The van der Waals surface area contributed by atoms with Gasteiger partial charge in [-0.05, 0) is 19.9 Å². The third kappa shape index (κ3) is 18.1. The Kier molecular flexibility index (Phi) is 12.5. The summed E-state index contributed by atoms with van der Waals surface area (Å²) in [4.78, 5) is 0. The number of hydrogen-bond acceptors (Lipinski definition) is 1. The Morgan fingerprint density at radius 2 is 1.75 bits per heavy atom. The van der Waals surface area contributed by atoms with Gasteiger partial charge >= 0.3 is 0 Å². The Labute approximate surface area is 51.9 Å². The first-order valence-electron chi connectivity index (χ1n) is 2.95. The molecular weight excluding hydrogens is 98.1 g/mol. The van der Waals surface area contributed by atoms with Gasteiger partial charge in [-0.15, -0.1) is 0 Å². The molecule has 0 aromatic carbocycles. The van der Waals surface area contributed by atoms with Gasteiger partial charge < -0.3 is 5.41 Å². The SMILES string of the molecule is C/C=C\C(C)=N.CC. The summed E-state index contributed by atoms with van der Waals surface area (Å²) < 4.78 is 0. The predicted molar refractivity (Wildman–Crippen MR) is 39.6 cm³/mol. The largest absolute Gasteiger partial charge is 0.306 e. The average molecular weight is 113 g/mol. The molecule has 0 spiro atoms. The summed E-state index contributed by atoms with van der Waals surface area (Å²) in [6.45, 7) is 7.65. The lowest BCUT2D eigenvalue weighted by Crippen LogP contribution is -1.74. The van der Waals surface area contributed by atoms with E-state index in [-0.39, 0.29) is 0 Å². The van der Waals surface area contributed by atoms with Gasteiger partial charge in [0.1, 0.15) is 0 Å². The highest BCUT2D eigenvalue weighted by molar-refractivity contribution is 5.89. The Bertz CT molecular complexity index is 72.5. The van der Waals surface area contributed by atoms with Crippen LogP contribution >= 0.6 is 0 Å². The molecular formula is C7H15N. The van der Waals surface area contributed by atoms with Crippen molar-refractivity contribution in [1.82, 2.24) is 0 Å². The lowest BCUT2D eigenvalue weighted by Gasteiger charge is -1.73. The molecule has 48 valence electrons. The van der Waals surface area contributed by atoms with E-state index >= 15 is 0 Å². The monoisotopic (exact) mass is 113 g/mol. The predicted octanol–water partition coefficient (Wildman–Crippen LogP) is 2.63. The minimum atomic E-state index is 0.609. The minimum absolute atomic E-state index is 0.609. The van der Waals surface area contributed by atoms with Crippen LogP contribution in [-0.2, 0) is 0 Å². The summed E-state index contributed by atoms with van der Waals surface area (Å²) >= 11 is 0. The fourth-order valence-corrected chi connectivity index (χ4v) is 0.250. The average Bonchev–Trinajstić information content (AvgIpc) is 1.72. The number of hydrogen-bond donors (Lipinski definition) is 1. The van der Waals surface area contributed by atoms with Crippen LogP contribution in [0, 0.1) is 5.41 Å². The fourth-order valence-electron chi connectivity index (χ4n) is 0.250. The first kappa shape index (κ1) is 10.4. The van der Waals surface area contributed by atoms with E-state index in [0.29, 0.717) is 5.71 Å². The van der Waals surface area contributed by atoms with E-state index in [2.05, 4.69) is 0 Å². The van der Waals surface area contributed by atoms with E-state index in [9.17, 15) is 0 Å². The first-order chi connectivity index (χ1) is 3.77. The van der Waals surface area contributed by atoms with E-state index < -0.39 is 0 Å². The van der Waals surface area contributed by atoms with Crippen molar-refractivity contribution < 1.29 is 0 Å². The molecule has 0 aromatic rings. The van der Waals surface area contributed by atoms with Crippen molar-refractivity contribution in [3.05, 3.63) is 12.2 Å². The molecule has 0 aromatic heterocycles. The third-order valence-corrected chi connectivity index (χ3v) is 0.417. The summed E-state index contributed by atoms with van der Waals surface area (Å²) in [6, 6.07) is 0. The minimum Gasteiger partial charge on any atom is -0.306 e. The molecule has 0 bridgehead atoms. The van der Waals surface area contributed by atoms with Crippen LogP contribution in [0.1, 0.15) is 27.7 Å². The van der Waals surface area contributed by atoms with E-state index in [4.69, 9.17) is 5.41 Å². The Hall–Kier alpha value is -0.590. The molecule has 0 radical (unpaired) electrons. The number of allylic oxidation sites excluding steroid dienone is 2. The van der Waals surface area contributed by atoms with Gasteiger partial charge in [0.25, 0.3) is 0 Å². The molecule has 0 heterocycles. The lowest BCUT2D eigenvalue weighted by atomic mass is 10.4. The molecule has 0 amide bonds. The van der Waals surface area contributed by atoms with Crippen LogP contribution in [0.4, 0.5) is 0 Å². The molecule has 0 saturated carbocycles. The molecule has 0 unspecified atom stereocenters. The smallest absolute Gasteiger partial charge is 0.0279 e. The maximum atomic E-state index is 6.81. The zero-order chi connectivity index (χ0) is 6.99. The molecule has 1 heteroatoms. The molecule has 0 aliphatic heterocycles. The van der Waals surface area contributed by atoms with Gasteiger partial charge in [0.15, 0.2) is 0 Å². The van der Waals surface area contributed by atoms with Gasteiger partial charge in [0.2, 0.25) is 0 Å². The molecule has 1 N–H and O–H groups in total. The second-order valence-corrected chi connectivity index (χ2v) is 1.18. The second-order valence-electron chi connectivity index (χ2n) is 1.18. The van der Waals surface area contributed by atoms with Crippen molar-refractivity contribution in [3.8, 4) is 0 Å². The highest BCUT2D eigenvalue weighted by atomic mass is 14.4. The first-order valence-corrected chi connectivity index (χ1v) is 2.95. The van der Waals surface area contributed by atoms with Crippen LogP contribution in [0.25, 0.3) is 0 Å². The van der Waals surface area contributed by atoms with Gasteiger partial charge in [0, 0.05) is 5.71 Å². The normalized spacial score (nSPS) is 8.00. The summed E-state index contributed by atoms with van der Waals surface area (Å²) in [5, 5.41) is 6.81. The Morgan fingerprint density at radius 1 is 1.38 bits per heavy atom. The molecule has 0 fully saturated rings. The standard InChI is InChI=1S/C5H9N.C2H6/c1-3-4-5(2)6;1-2/h3-4,6H,1-2H3;1-2H3/b4-3-,6-5?;. The van der Waals surface area contributed by atoms with E-state index in [0.717, 1.165) is 0 Å². The highest BCUT2D eigenvalue weighted by Gasteiger charge is 1.66. The molecule has 0 aliphatic rings. The van der Waals surface area contributed by atoms with E-state index in [1.54, 1.807) is 13.0 Å². The quantitative estimate of drug-likeness (QED) is 0.505. The van der Waals surface area contributed by atoms with Crippen LogP contribution in [0.15, 0.2) is 12.2 Å². The second kappa shape index (κ2) is 9.65. The zero-order valence-electron chi connectivity index (χ0n) is 6.15. The van der Waals surface area contributed by atoms with Gasteiger partial charge in [-0.25, -0.2) is 0 Å². The zero-order valence-corrected chi connectivity index (χ0v) is 6.15. The van der Waals surface area contributed by atoms with Crippen molar-refractivity contribution in [2.75, 3.05) is 0 Å². The van der Waals surface area contributed by atoms with Crippen molar-refractivity contribution in [2.24, 2.45) is 0 Å². The maximum Gasteiger partial charge on any atom is 0.0279 e. The Morgan fingerprint density at radius 3 is 1.75 bits per heavy atom. The Balaban J connectivity index is 0. The van der Waals surface area contributed by atoms with Crippen molar-refractivity contribution >= 4 is 5.71 Å². The van der Waals surface area contributed by atoms with E-state index in [1.165, 1.54) is 0 Å². The number of nitrogens with one attached hydrogen (secondary N) is 1. The fraction of sp³-hybridized carbons (Fsp3) is 0.571. The molecule has 0 saturated heterocycles. The lowest BCUT2D eigenvalue weighted by molar-refractivity contribution is 1.49. The molecule has 0 rings (SSSR count). The summed E-state index contributed by atoms with van der Waals surface area (Å²) in [7, 11) is 0. The van der Waals surface area contributed by atoms with Gasteiger partial charge in [-0.3, -0.25) is 0 Å². The number of rotatable bonds is 1. The van der Waals surface area contributed by atoms with E-state index in [1.807, 2.05) is 26.8 Å². The van der Waals surface area contributed by atoms with Gasteiger partial charge in [-0.1, -0.05) is 19.9 Å².